The molecule has 0 saturated carbocycles. The number of rotatable bonds is 5. The van der Waals surface area contributed by atoms with Gasteiger partial charge in [0.25, 0.3) is 0 Å². The van der Waals surface area contributed by atoms with Crippen LogP contribution < -0.4 is 5.32 Å². The van der Waals surface area contributed by atoms with Crippen LogP contribution in [0.1, 0.15) is 5.56 Å². The summed E-state index contributed by atoms with van der Waals surface area (Å²) < 4.78 is 0. The second-order valence-corrected chi connectivity index (χ2v) is 3.01. The first-order valence-corrected chi connectivity index (χ1v) is 4.27. The molecule has 0 aliphatic heterocycles. The molecule has 3 N–H and O–H groups in total. The fraction of sp³-hybridized carbons (Fsp3) is 0.200. The number of aliphatic carboxylic acids is 1. The molecule has 0 aliphatic carbocycles. The van der Waals surface area contributed by atoms with E-state index in [0.717, 1.165) is 0 Å². The Balaban J connectivity index is 0.00000225. The van der Waals surface area contributed by atoms with Gasteiger partial charge in [-0.1, -0.05) is 12.1 Å². The number of amides is 1. The molecule has 5 nitrogen and oxygen atoms in total. The van der Waals surface area contributed by atoms with Crippen LogP contribution in [0.4, 0.5) is 0 Å². The van der Waals surface area contributed by atoms with Gasteiger partial charge >= 0.3 is 5.97 Å². The Labute approximate surface area is 86.4 Å². The van der Waals surface area contributed by atoms with Gasteiger partial charge in [-0.3, -0.25) is 4.79 Å². The maximum atomic E-state index is 10.7. The van der Waals surface area contributed by atoms with Crippen molar-refractivity contribution in [1.29, 1.82) is 0 Å². The Kier molecular flexibility index (Phi) is 4.57. The maximum absolute atomic E-state index is 10.7. The summed E-state index contributed by atoms with van der Waals surface area (Å²) in [5, 5.41) is 19.8. The number of hydrogen-bond donors (Lipinski definition) is 3. The molecule has 0 radical (unpaired) electrons. The van der Waals surface area contributed by atoms with E-state index < -0.39 is 12.0 Å². The predicted molar refractivity (Wildman–Crippen MR) is 52.1 cm³/mol. The minimum Gasteiger partial charge on any atom is -0.520 e. The Morgan fingerprint density at radius 3 is 2.38 bits per heavy atom. The molecule has 0 fully saturated rings. The first-order valence-electron chi connectivity index (χ1n) is 4.27. The van der Waals surface area contributed by atoms with Crippen molar-refractivity contribution >= 4 is 12.4 Å². The number of carbonyl (C=O) groups is 1. The third-order valence-electron chi connectivity index (χ3n) is 1.91. The largest absolute Gasteiger partial charge is 0.520 e. The van der Waals surface area contributed by atoms with Gasteiger partial charge in [-0.05, 0) is 17.7 Å². The quantitative estimate of drug-likeness (QED) is 0.424. The molecule has 0 bridgehead atoms. The zero-order valence-corrected chi connectivity index (χ0v) is 10.5. The molecule has 1 atom stereocenters. The summed E-state index contributed by atoms with van der Waals surface area (Å²) in [6.45, 7) is 0. The van der Waals surface area contributed by atoms with E-state index in [4.69, 9.17) is 10.2 Å². The van der Waals surface area contributed by atoms with Gasteiger partial charge in [0, 0.05) is 6.42 Å². The molecule has 0 aliphatic rings. The summed E-state index contributed by atoms with van der Waals surface area (Å²) in [6, 6.07) is 5.11. The molecule has 92 valence electrons. The van der Waals surface area contributed by atoms with Crippen LogP contribution >= 0.6 is 0 Å². The third-order valence-corrected chi connectivity index (χ3v) is 1.91. The van der Waals surface area contributed by atoms with Crippen LogP contribution in [0.5, 0.6) is 5.75 Å². The van der Waals surface area contributed by atoms with Crippen LogP contribution in [0, 0.1) is 0 Å². The van der Waals surface area contributed by atoms with E-state index in [9.17, 15) is 9.59 Å². The monoisotopic (exact) mass is 465 g/mol. The molecule has 0 aromatic heterocycles. The number of nitrogens with one attached hydrogen (secondary N) is 1. The molecule has 0 spiro atoms. The van der Waals surface area contributed by atoms with E-state index in [1.54, 1.807) is 12.1 Å². The molecule has 1 aromatic carbocycles. The van der Waals surface area contributed by atoms with Crippen LogP contribution in [0.15, 0.2) is 24.3 Å². The van der Waals surface area contributed by atoms with Gasteiger partial charge in [0.15, 0.2) is 0 Å². The number of phenolic OH excluding ortho intramolecular Hbond substituents is 1. The van der Waals surface area contributed by atoms with Gasteiger partial charge < -0.3 is 20.3 Å². The topological polar surface area (TPSA) is 86.6 Å². The second kappa shape index (κ2) is 5.64. The molecule has 16 heavy (non-hydrogen) atoms. The summed E-state index contributed by atoms with van der Waals surface area (Å²) in [7, 11) is 0. The molecular formula is C10H10FmNO4-. The van der Waals surface area contributed by atoms with E-state index in [-0.39, 0.29) is 12.2 Å². The number of phenols is 1. The zero-order valence-electron chi connectivity index (χ0n) is 8.09. The van der Waals surface area contributed by atoms with Crippen molar-refractivity contribution in [3.8, 4) is 5.75 Å². The van der Waals surface area contributed by atoms with E-state index in [1.807, 2.05) is 0 Å². The summed E-state index contributed by atoms with van der Waals surface area (Å²) in [5.41, 5.74) is 0.711. The molecule has 6 heteroatoms. The molecule has 1 aromatic rings. The van der Waals surface area contributed by atoms with Crippen LogP contribution in [-0.2, 0) is 16.0 Å². The average Bonchev–Trinajstić information content (AvgIpc) is 2.20. The van der Waals surface area contributed by atoms with Gasteiger partial charge in [-0.2, -0.15) is 6.41 Å². The number of aromatic hydroxyl groups is 1. The van der Waals surface area contributed by atoms with E-state index >= 15 is 0 Å². The molecule has 1 rings (SSSR count). The fourth-order valence-electron chi connectivity index (χ4n) is 1.14. The molecule has 0 saturated heterocycles. The third kappa shape index (κ3) is 3.37. The summed E-state index contributed by atoms with van der Waals surface area (Å²) >= 11 is 0. The van der Waals surface area contributed by atoms with Crippen LogP contribution in [0.25, 0.3) is 0 Å². The predicted octanol–water partition coefficient (Wildman–Crippen LogP) is 0.0447. The van der Waals surface area contributed by atoms with Gasteiger partial charge in [0.2, 0.25) is 0 Å². The number of carbonyl (C=O) groups excluding carboxylic acids is 1. The number of carboxylic acids is 1. The normalized spacial score (nSPS) is 11.0. The van der Waals surface area contributed by atoms with E-state index in [1.165, 1.54) is 18.5 Å². The van der Waals surface area contributed by atoms with E-state index in [0.29, 0.717) is 5.56 Å². The van der Waals surface area contributed by atoms with E-state index in [2.05, 4.69) is 5.32 Å². The smallest absolute Gasteiger partial charge is 0.323 e. The van der Waals surface area contributed by atoms with Crippen molar-refractivity contribution < 1.29 is 19.8 Å². The second-order valence-electron chi connectivity index (χ2n) is 3.01. The van der Waals surface area contributed by atoms with Crippen LogP contribution in [0.2, 0.25) is 0 Å². The number of carboxylic acid groups (broad SMARTS) is 1. The summed E-state index contributed by atoms with van der Waals surface area (Å²) in [6.07, 6.45) is 1.51. The fourth-order valence-corrected chi connectivity index (χ4v) is 1.14. The first kappa shape index (κ1) is 13.0. The van der Waals surface area contributed by atoms with Gasteiger partial charge in [-0.15, -0.1) is 0 Å². The minimum atomic E-state index is -1.12. The maximum Gasteiger partial charge on any atom is 0.323 e. The van der Waals surface area contributed by atoms with Crippen LogP contribution in [-0.4, -0.2) is 28.6 Å². The van der Waals surface area contributed by atoms with Crippen molar-refractivity contribution in [3.63, 3.8) is 0 Å². The SMILES string of the molecule is O=[C-]NC(Cc1ccc(O)cc1)C(=O)O.[Fm]. The molecule has 1 unspecified atom stereocenters. The first-order chi connectivity index (χ1) is 7.13. The van der Waals surface area contributed by atoms with Crippen molar-refractivity contribution in [2.75, 3.05) is 0 Å². The average molecular weight is 465 g/mol. The number of hydrogen-bond acceptors (Lipinski definition) is 3. The molecular weight excluding hydrogens is 455 g/mol. The Morgan fingerprint density at radius 1 is 1.38 bits per heavy atom. The van der Waals surface area contributed by atoms with Crippen molar-refractivity contribution in [2.45, 2.75) is 12.5 Å². The van der Waals surface area contributed by atoms with Crippen molar-refractivity contribution in [1.82, 2.24) is 5.32 Å². The Morgan fingerprint density at radius 2 is 1.94 bits per heavy atom. The minimum absolute atomic E-state index is 0. The molecule has 1 amide bonds. The van der Waals surface area contributed by atoms with Crippen LogP contribution in [0.3, 0.4) is 0 Å². The van der Waals surface area contributed by atoms with Crippen molar-refractivity contribution in [3.05, 3.63) is 29.8 Å². The van der Waals surface area contributed by atoms with Gasteiger partial charge in [-0.25, -0.2) is 0 Å². The molecule has 0 heterocycles. The standard InChI is InChI=1S/C10H10NO4.Fm/c12-6-11-9(10(14)15)5-7-1-3-8(13)4-2-7;/h1-4,9,13H,5H2,(H,11,12)(H,14,15);/q-1;. The van der Waals surface area contributed by atoms with Gasteiger partial charge in [0.05, 0.1) is 0 Å². The Bertz CT molecular complexity index is 352. The Hall–Kier alpha value is -3.04. The summed E-state index contributed by atoms with van der Waals surface area (Å²) in [4.78, 5) is 20.7. The van der Waals surface area contributed by atoms with Gasteiger partial charge in [0.1, 0.15) is 11.8 Å². The zero-order chi connectivity index (χ0) is 11.3. The summed E-state index contributed by atoms with van der Waals surface area (Å²) in [5.74, 6) is -1.01. The number of benzene rings is 1. The van der Waals surface area contributed by atoms with Crippen molar-refractivity contribution in [2.24, 2.45) is 0 Å².